The van der Waals surface area contributed by atoms with E-state index in [4.69, 9.17) is 8.83 Å². The van der Waals surface area contributed by atoms with E-state index in [0.717, 1.165) is 33.0 Å². The predicted octanol–water partition coefficient (Wildman–Crippen LogP) is 8.08. The van der Waals surface area contributed by atoms with Gasteiger partial charge in [0.05, 0.1) is 28.5 Å². The lowest BCUT2D eigenvalue weighted by Gasteiger charge is -2.02. The summed E-state index contributed by atoms with van der Waals surface area (Å²) in [6, 6.07) is 28.6. The Morgan fingerprint density at radius 1 is 0.706 bits per heavy atom. The number of H-pyrrole nitrogens is 1. The highest BCUT2D eigenvalue weighted by atomic mass is 16.6. The average molecular weight is 446 g/mol. The molecule has 0 aliphatic heterocycles. The number of rotatable bonds is 2. The summed E-state index contributed by atoms with van der Waals surface area (Å²) in [7, 11) is 0. The molecule has 0 aliphatic carbocycles. The number of nitro groups is 1. The number of aromatic nitrogens is 1. The monoisotopic (exact) mass is 446 g/mol. The summed E-state index contributed by atoms with van der Waals surface area (Å²) in [5.74, 6) is 0. The molecule has 164 valence electrons. The first-order valence-electron chi connectivity index (χ1n) is 10.8. The minimum Gasteiger partial charge on any atom is -0.464 e. The number of furan rings is 2. The molecule has 4 aromatic carbocycles. The van der Waals surface area contributed by atoms with Crippen LogP contribution in [0.1, 0.15) is 0 Å². The molecule has 7 aromatic rings. The fourth-order valence-electron chi connectivity index (χ4n) is 4.38. The number of benzene rings is 4. The van der Waals surface area contributed by atoms with Crippen molar-refractivity contribution in [3.05, 3.63) is 114 Å². The summed E-state index contributed by atoms with van der Waals surface area (Å²) in [4.78, 5) is 14.1. The van der Waals surface area contributed by atoms with Gasteiger partial charge in [-0.2, -0.15) is 0 Å². The van der Waals surface area contributed by atoms with E-state index in [-0.39, 0.29) is 10.6 Å². The van der Waals surface area contributed by atoms with Crippen molar-refractivity contribution in [2.24, 2.45) is 0 Å². The number of aromatic amines is 1. The van der Waals surface area contributed by atoms with Crippen molar-refractivity contribution < 1.29 is 13.8 Å². The van der Waals surface area contributed by atoms with Crippen LogP contribution in [-0.2, 0) is 0 Å². The minimum absolute atomic E-state index is 0.111. The first-order chi connectivity index (χ1) is 16.7. The van der Waals surface area contributed by atoms with Crippen LogP contribution in [0.4, 0.5) is 5.69 Å². The van der Waals surface area contributed by atoms with Gasteiger partial charge in [0.15, 0.2) is 0 Å². The maximum absolute atomic E-state index is 11.0. The fraction of sp³-hybridized carbons (Fsp3) is 0. The van der Waals surface area contributed by atoms with Gasteiger partial charge in [0.2, 0.25) is 0 Å². The second-order valence-electron chi connectivity index (χ2n) is 7.94. The highest BCUT2D eigenvalue weighted by Crippen LogP contribution is 2.32. The third-order valence-electron chi connectivity index (χ3n) is 5.98. The van der Waals surface area contributed by atoms with Gasteiger partial charge in [0, 0.05) is 33.1 Å². The van der Waals surface area contributed by atoms with Gasteiger partial charge in [-0.05, 0) is 54.1 Å². The molecule has 0 aliphatic rings. The van der Waals surface area contributed by atoms with Crippen LogP contribution in [0.3, 0.4) is 0 Å². The van der Waals surface area contributed by atoms with Crippen LogP contribution in [0.15, 0.2) is 112 Å². The Morgan fingerprint density at radius 3 is 2.38 bits per heavy atom. The number of nitro benzene ring substituents is 1. The van der Waals surface area contributed by atoms with E-state index < -0.39 is 0 Å². The number of nitrogens with zero attached hydrogens (tertiary/aromatic N) is 1. The van der Waals surface area contributed by atoms with E-state index in [1.165, 1.54) is 22.4 Å². The van der Waals surface area contributed by atoms with Gasteiger partial charge in [-0.25, -0.2) is 0 Å². The quantitative estimate of drug-likeness (QED) is 0.215. The molecule has 6 nitrogen and oxygen atoms in total. The molecular formula is C28H18N2O4. The van der Waals surface area contributed by atoms with Gasteiger partial charge in [0.25, 0.3) is 5.69 Å². The Morgan fingerprint density at radius 2 is 1.47 bits per heavy atom. The van der Waals surface area contributed by atoms with Crippen LogP contribution in [0, 0.1) is 10.1 Å². The first-order valence-corrected chi connectivity index (χ1v) is 10.8. The number of para-hydroxylation sites is 2. The lowest BCUT2D eigenvalue weighted by molar-refractivity contribution is -0.384. The van der Waals surface area contributed by atoms with E-state index in [9.17, 15) is 10.1 Å². The highest BCUT2D eigenvalue weighted by molar-refractivity contribution is 6.16. The van der Waals surface area contributed by atoms with Gasteiger partial charge in [-0.3, -0.25) is 10.1 Å². The molecule has 0 spiro atoms. The van der Waals surface area contributed by atoms with E-state index >= 15 is 0 Å². The number of hydrogen-bond acceptors (Lipinski definition) is 4. The van der Waals surface area contributed by atoms with E-state index in [1.807, 2.05) is 42.5 Å². The van der Waals surface area contributed by atoms with Gasteiger partial charge in [-0.1, -0.05) is 36.4 Å². The molecule has 0 unspecified atom stereocenters. The maximum atomic E-state index is 11.0. The SMILES string of the molecule is O=[N+]([O-])c1ccccc1-c1ccc2occc2c1.c1ccc2c(c1)[nH]c1c3ccoc3ccc21. The Hall–Kier alpha value is -4.84. The molecule has 7 rings (SSSR count). The third kappa shape index (κ3) is 3.29. The predicted molar refractivity (Wildman–Crippen MR) is 134 cm³/mol. The Labute approximate surface area is 193 Å². The molecular weight excluding hydrogens is 428 g/mol. The van der Waals surface area contributed by atoms with Crippen molar-refractivity contribution in [1.29, 1.82) is 0 Å². The summed E-state index contributed by atoms with van der Waals surface area (Å²) in [6.07, 6.45) is 3.34. The number of nitrogens with one attached hydrogen (secondary N) is 1. The van der Waals surface area contributed by atoms with Crippen LogP contribution in [0.25, 0.3) is 54.9 Å². The van der Waals surface area contributed by atoms with Gasteiger partial charge in [0.1, 0.15) is 11.2 Å². The molecule has 0 saturated heterocycles. The molecule has 3 heterocycles. The summed E-state index contributed by atoms with van der Waals surface area (Å²) in [6.45, 7) is 0. The lowest BCUT2D eigenvalue weighted by Crippen LogP contribution is -1.91. The van der Waals surface area contributed by atoms with Crippen molar-refractivity contribution in [3.63, 3.8) is 0 Å². The van der Waals surface area contributed by atoms with Crippen LogP contribution in [0.5, 0.6) is 0 Å². The van der Waals surface area contributed by atoms with E-state index in [2.05, 4.69) is 29.2 Å². The van der Waals surface area contributed by atoms with Crippen molar-refractivity contribution in [3.8, 4) is 11.1 Å². The second kappa shape index (κ2) is 7.94. The standard InChI is InChI=1S/C14H9NO3.C14H9NO/c16-15(17)13-4-2-1-3-12(13)10-5-6-14-11(9-10)7-8-18-14;1-2-4-12-9(3-1)10-5-6-13-11(7-8-16-13)14(10)15-12/h1-9H;1-8,15H. The number of hydrogen-bond donors (Lipinski definition) is 1. The molecule has 0 radical (unpaired) electrons. The Balaban J connectivity index is 0.000000128. The summed E-state index contributed by atoms with van der Waals surface area (Å²) < 4.78 is 10.7. The summed E-state index contributed by atoms with van der Waals surface area (Å²) in [5.41, 5.74) is 5.58. The van der Waals surface area contributed by atoms with Crippen LogP contribution in [0.2, 0.25) is 0 Å². The largest absolute Gasteiger partial charge is 0.464 e. The molecule has 0 bridgehead atoms. The van der Waals surface area contributed by atoms with E-state index in [1.54, 1.807) is 30.7 Å². The lowest BCUT2D eigenvalue weighted by atomic mass is 10.0. The minimum atomic E-state index is -0.366. The van der Waals surface area contributed by atoms with Crippen molar-refractivity contribution in [2.45, 2.75) is 0 Å². The topological polar surface area (TPSA) is 85.2 Å². The molecule has 0 fully saturated rings. The van der Waals surface area contributed by atoms with Crippen molar-refractivity contribution in [1.82, 2.24) is 4.98 Å². The smallest absolute Gasteiger partial charge is 0.277 e. The van der Waals surface area contributed by atoms with Gasteiger partial charge >= 0.3 is 0 Å². The zero-order valence-electron chi connectivity index (χ0n) is 17.9. The van der Waals surface area contributed by atoms with Gasteiger partial charge in [-0.15, -0.1) is 0 Å². The zero-order valence-corrected chi connectivity index (χ0v) is 17.9. The molecule has 1 N–H and O–H groups in total. The normalized spacial score (nSPS) is 11.2. The highest BCUT2D eigenvalue weighted by Gasteiger charge is 2.14. The van der Waals surface area contributed by atoms with E-state index in [0.29, 0.717) is 5.56 Å². The second-order valence-corrected chi connectivity index (χ2v) is 7.94. The Bertz CT molecular complexity index is 1810. The summed E-state index contributed by atoms with van der Waals surface area (Å²) >= 11 is 0. The third-order valence-corrected chi connectivity index (χ3v) is 5.98. The van der Waals surface area contributed by atoms with Gasteiger partial charge < -0.3 is 13.8 Å². The van der Waals surface area contributed by atoms with Crippen molar-refractivity contribution >= 4 is 49.4 Å². The first kappa shape index (κ1) is 19.8. The van der Waals surface area contributed by atoms with Crippen LogP contribution in [-0.4, -0.2) is 9.91 Å². The Kier molecular flexibility index (Phi) is 4.63. The zero-order chi connectivity index (χ0) is 23.1. The average Bonchev–Trinajstić information content (AvgIpc) is 3.61. The maximum Gasteiger partial charge on any atom is 0.277 e. The molecule has 0 atom stereocenters. The van der Waals surface area contributed by atoms with Crippen LogP contribution >= 0.6 is 0 Å². The summed E-state index contributed by atoms with van der Waals surface area (Å²) in [5, 5.41) is 15.6. The molecule has 0 amide bonds. The number of fused-ring (bicyclic) bond motifs is 6. The van der Waals surface area contributed by atoms with Crippen LogP contribution < -0.4 is 0 Å². The molecule has 0 saturated carbocycles. The molecule has 6 heteroatoms. The molecule has 34 heavy (non-hydrogen) atoms. The molecule has 3 aromatic heterocycles. The van der Waals surface area contributed by atoms with Crippen molar-refractivity contribution in [2.75, 3.05) is 0 Å². The fourth-order valence-corrected chi connectivity index (χ4v) is 4.38.